The first-order valence-electron chi connectivity index (χ1n) is 10.4. The molecule has 0 aliphatic rings. The average molecular weight is 427 g/mol. The minimum Gasteiger partial charge on any atom is -0.350 e. The van der Waals surface area contributed by atoms with E-state index in [1.165, 1.54) is 11.1 Å². The summed E-state index contributed by atoms with van der Waals surface area (Å²) in [6.07, 6.45) is 0. The summed E-state index contributed by atoms with van der Waals surface area (Å²) >= 11 is 1.59. The van der Waals surface area contributed by atoms with Crippen LogP contribution in [0.1, 0.15) is 49.9 Å². The lowest BCUT2D eigenvalue weighted by Gasteiger charge is -2.31. The van der Waals surface area contributed by atoms with E-state index in [4.69, 9.17) is 0 Å². The molecule has 1 unspecified atom stereocenters. The minimum atomic E-state index is -0.545. The molecule has 2 amide bonds. The molecule has 0 aliphatic heterocycles. The summed E-state index contributed by atoms with van der Waals surface area (Å²) in [5, 5.41) is 3.00. The number of carbonyl (C=O) groups excluding carboxylic acids is 2. The smallest absolute Gasteiger partial charge is 0.242 e. The number of carbonyl (C=O) groups is 2. The molecule has 30 heavy (non-hydrogen) atoms. The van der Waals surface area contributed by atoms with Crippen LogP contribution in [0.4, 0.5) is 0 Å². The summed E-state index contributed by atoms with van der Waals surface area (Å²) in [4.78, 5) is 27.7. The molecular formula is C25H34N2O2S. The minimum absolute atomic E-state index is 0.0209. The molecule has 1 N–H and O–H groups in total. The first-order valence-corrected chi connectivity index (χ1v) is 11.5. The van der Waals surface area contributed by atoms with Gasteiger partial charge in [-0.2, -0.15) is 0 Å². The largest absolute Gasteiger partial charge is 0.350 e. The van der Waals surface area contributed by atoms with Gasteiger partial charge < -0.3 is 10.2 Å². The van der Waals surface area contributed by atoms with Crippen molar-refractivity contribution in [3.05, 3.63) is 70.8 Å². The number of amides is 2. The molecule has 0 radical (unpaired) electrons. The van der Waals surface area contributed by atoms with Gasteiger partial charge in [0, 0.05) is 17.8 Å². The summed E-state index contributed by atoms with van der Waals surface area (Å²) in [6, 6.07) is 15.8. The third kappa shape index (κ3) is 7.52. The van der Waals surface area contributed by atoms with Gasteiger partial charge in [-0.3, -0.25) is 9.59 Å². The molecule has 0 aromatic heterocycles. The number of hydrogen-bond acceptors (Lipinski definition) is 3. The molecule has 0 saturated carbocycles. The van der Waals surface area contributed by atoms with Crippen molar-refractivity contribution in [1.29, 1.82) is 0 Å². The Morgan fingerprint density at radius 2 is 1.77 bits per heavy atom. The Morgan fingerprint density at radius 3 is 2.40 bits per heavy atom. The first kappa shape index (κ1) is 24.0. The maximum absolute atomic E-state index is 13.2. The van der Waals surface area contributed by atoms with E-state index in [2.05, 4.69) is 30.4 Å². The Hall–Kier alpha value is -2.27. The molecule has 4 nitrogen and oxygen atoms in total. The van der Waals surface area contributed by atoms with Gasteiger partial charge in [-0.15, -0.1) is 11.8 Å². The molecule has 0 saturated heterocycles. The van der Waals surface area contributed by atoms with Crippen LogP contribution in [-0.2, 0) is 21.9 Å². The zero-order valence-electron chi connectivity index (χ0n) is 19.0. The molecule has 0 bridgehead atoms. The zero-order chi connectivity index (χ0) is 22.3. The highest BCUT2D eigenvalue weighted by atomic mass is 32.2. The van der Waals surface area contributed by atoms with E-state index in [0.29, 0.717) is 12.3 Å². The molecule has 2 aromatic rings. The molecule has 1 atom stereocenters. The lowest BCUT2D eigenvalue weighted by atomic mass is 10.1. The van der Waals surface area contributed by atoms with Crippen LogP contribution in [0.5, 0.6) is 0 Å². The summed E-state index contributed by atoms with van der Waals surface area (Å²) in [5.74, 6) is 0.960. The van der Waals surface area contributed by atoms with Crippen LogP contribution in [0.25, 0.3) is 0 Å². The number of hydrogen-bond donors (Lipinski definition) is 1. The average Bonchev–Trinajstić information content (AvgIpc) is 2.65. The second-order valence-electron chi connectivity index (χ2n) is 8.85. The number of nitrogens with zero attached hydrogens (tertiary/aromatic N) is 1. The standard InChI is InChI=1S/C25H34N2O2S/c1-18-10-9-12-21(14-18)16-30-17-23(28)27(15-22-13-8-7-11-19(22)2)20(3)24(29)26-25(4,5)6/h7-14,20H,15-17H2,1-6H3,(H,26,29). The molecular weight excluding hydrogens is 392 g/mol. The topological polar surface area (TPSA) is 49.4 Å². The molecule has 0 fully saturated rings. The summed E-state index contributed by atoms with van der Waals surface area (Å²) in [5.41, 5.74) is 4.25. The molecule has 162 valence electrons. The van der Waals surface area contributed by atoms with Crippen LogP contribution in [0.15, 0.2) is 48.5 Å². The van der Waals surface area contributed by atoms with Crippen LogP contribution in [0.2, 0.25) is 0 Å². The SMILES string of the molecule is Cc1cccc(CSCC(=O)N(Cc2ccccc2C)C(C)C(=O)NC(C)(C)C)c1. The zero-order valence-corrected chi connectivity index (χ0v) is 19.8. The quantitative estimate of drug-likeness (QED) is 0.655. The van der Waals surface area contributed by atoms with Crippen molar-refractivity contribution in [1.82, 2.24) is 10.2 Å². The molecule has 0 heterocycles. The molecule has 0 spiro atoms. The first-order chi connectivity index (χ1) is 14.1. The second kappa shape index (κ2) is 10.7. The Kier molecular flexibility index (Phi) is 8.54. The number of aryl methyl sites for hydroxylation is 2. The van der Waals surface area contributed by atoms with Gasteiger partial charge in [0.15, 0.2) is 0 Å². The van der Waals surface area contributed by atoms with Crippen molar-refractivity contribution in [2.45, 2.75) is 65.4 Å². The van der Waals surface area contributed by atoms with Crippen molar-refractivity contribution >= 4 is 23.6 Å². The van der Waals surface area contributed by atoms with Crippen LogP contribution >= 0.6 is 11.8 Å². The van der Waals surface area contributed by atoms with Gasteiger partial charge in [0.2, 0.25) is 11.8 Å². The fourth-order valence-electron chi connectivity index (χ4n) is 3.17. The van der Waals surface area contributed by atoms with Gasteiger partial charge in [0.25, 0.3) is 0 Å². The van der Waals surface area contributed by atoms with Gasteiger partial charge in [-0.25, -0.2) is 0 Å². The van der Waals surface area contributed by atoms with E-state index in [1.54, 1.807) is 16.7 Å². The van der Waals surface area contributed by atoms with Gasteiger partial charge in [-0.05, 0) is 58.2 Å². The fourth-order valence-corrected chi connectivity index (χ4v) is 4.03. The van der Waals surface area contributed by atoms with Gasteiger partial charge in [0.05, 0.1) is 5.75 Å². The van der Waals surface area contributed by atoms with Crippen LogP contribution in [0, 0.1) is 13.8 Å². The highest BCUT2D eigenvalue weighted by molar-refractivity contribution is 7.99. The summed E-state index contributed by atoms with van der Waals surface area (Å²) < 4.78 is 0. The van der Waals surface area contributed by atoms with Gasteiger partial charge in [0.1, 0.15) is 6.04 Å². The van der Waals surface area contributed by atoms with Crippen molar-refractivity contribution in [3.63, 3.8) is 0 Å². The van der Waals surface area contributed by atoms with E-state index in [-0.39, 0.29) is 17.4 Å². The van der Waals surface area contributed by atoms with Crippen molar-refractivity contribution in [2.75, 3.05) is 5.75 Å². The van der Waals surface area contributed by atoms with E-state index >= 15 is 0 Å². The monoisotopic (exact) mass is 426 g/mol. The molecule has 5 heteroatoms. The highest BCUT2D eigenvalue weighted by Gasteiger charge is 2.28. The Bertz CT molecular complexity index is 873. The predicted molar refractivity (Wildman–Crippen MR) is 126 cm³/mol. The van der Waals surface area contributed by atoms with Crippen LogP contribution < -0.4 is 5.32 Å². The van der Waals surface area contributed by atoms with E-state index in [1.807, 2.05) is 65.0 Å². The Morgan fingerprint density at radius 1 is 1.07 bits per heavy atom. The lowest BCUT2D eigenvalue weighted by Crippen LogP contribution is -2.52. The molecule has 0 aliphatic carbocycles. The van der Waals surface area contributed by atoms with E-state index < -0.39 is 6.04 Å². The van der Waals surface area contributed by atoms with Crippen LogP contribution in [-0.4, -0.2) is 34.0 Å². The molecule has 2 rings (SSSR count). The number of nitrogens with one attached hydrogen (secondary N) is 1. The van der Waals surface area contributed by atoms with Gasteiger partial charge in [-0.1, -0.05) is 54.1 Å². The van der Waals surface area contributed by atoms with E-state index in [9.17, 15) is 9.59 Å². The fraction of sp³-hybridized carbons (Fsp3) is 0.440. The van der Waals surface area contributed by atoms with Gasteiger partial charge >= 0.3 is 0 Å². The van der Waals surface area contributed by atoms with Crippen LogP contribution in [0.3, 0.4) is 0 Å². The lowest BCUT2D eigenvalue weighted by molar-refractivity contribution is -0.139. The normalized spacial score (nSPS) is 12.3. The third-order valence-corrected chi connectivity index (χ3v) is 5.83. The highest BCUT2D eigenvalue weighted by Crippen LogP contribution is 2.18. The maximum Gasteiger partial charge on any atom is 0.242 e. The maximum atomic E-state index is 13.2. The Labute approximate surface area is 185 Å². The molecule has 2 aromatic carbocycles. The van der Waals surface area contributed by atoms with Crippen molar-refractivity contribution < 1.29 is 9.59 Å². The second-order valence-corrected chi connectivity index (χ2v) is 9.83. The predicted octanol–water partition coefficient (Wildman–Crippen LogP) is 4.87. The summed E-state index contributed by atoms with van der Waals surface area (Å²) in [6.45, 7) is 12.2. The van der Waals surface area contributed by atoms with Crippen molar-refractivity contribution in [3.8, 4) is 0 Å². The summed E-state index contributed by atoms with van der Waals surface area (Å²) in [7, 11) is 0. The number of benzene rings is 2. The third-order valence-electron chi connectivity index (χ3n) is 4.84. The van der Waals surface area contributed by atoms with E-state index in [0.717, 1.165) is 16.9 Å². The number of rotatable bonds is 8. The number of thioether (sulfide) groups is 1. The Balaban J connectivity index is 2.11. The van der Waals surface area contributed by atoms with Crippen molar-refractivity contribution in [2.24, 2.45) is 0 Å².